The van der Waals surface area contributed by atoms with Crippen molar-refractivity contribution < 1.29 is 9.53 Å². The number of hydrogen-bond acceptors (Lipinski definition) is 4. The van der Waals surface area contributed by atoms with E-state index in [0.717, 1.165) is 15.9 Å². The van der Waals surface area contributed by atoms with Crippen LogP contribution in [0.4, 0.5) is 0 Å². The molecule has 0 aliphatic rings. The average Bonchev–Trinajstić information content (AvgIpc) is 2.66. The fourth-order valence-electron chi connectivity index (χ4n) is 2.59. The molecule has 0 radical (unpaired) electrons. The molecule has 0 bridgehead atoms. The second kappa shape index (κ2) is 8.33. The summed E-state index contributed by atoms with van der Waals surface area (Å²) in [6.45, 7) is 1.97. The Morgan fingerprint density at radius 3 is 2.46 bits per heavy atom. The zero-order valence-electron chi connectivity index (χ0n) is 15.4. The first-order valence-electron chi connectivity index (χ1n) is 8.26. The number of rotatable bonds is 6. The fourth-order valence-corrected chi connectivity index (χ4v) is 2.59. The zero-order valence-corrected chi connectivity index (χ0v) is 15.4. The summed E-state index contributed by atoms with van der Waals surface area (Å²) in [5, 5.41) is 2.91. The van der Waals surface area contributed by atoms with Gasteiger partial charge in [0.05, 0.1) is 18.7 Å². The van der Waals surface area contributed by atoms with Crippen LogP contribution in [-0.2, 0) is 18.9 Å². The lowest BCUT2D eigenvalue weighted by molar-refractivity contribution is -0.117. The van der Waals surface area contributed by atoms with Crippen LogP contribution in [0.1, 0.15) is 30.5 Å². The lowest BCUT2D eigenvalue weighted by Gasteiger charge is -2.16. The quantitative estimate of drug-likeness (QED) is 0.792. The maximum atomic E-state index is 12.2. The molecule has 1 unspecified atom stereocenters. The topological polar surface area (TPSA) is 82.3 Å². The number of carbonyl (C=O) groups excluding carboxylic acids is 1. The van der Waals surface area contributed by atoms with Crippen LogP contribution >= 0.6 is 0 Å². The molecule has 1 amide bonds. The molecule has 7 heteroatoms. The highest BCUT2D eigenvalue weighted by Gasteiger charge is 2.11. The van der Waals surface area contributed by atoms with Crippen LogP contribution in [-0.4, -0.2) is 22.2 Å². The standard InChI is InChI=1S/C19H23N3O4/c1-5-16(13-6-9-15(26-4)10-7-13)20-17(23)11-8-14-12-21(2)19(25)22(3)18(14)24/h6-12,16H,5H2,1-4H3,(H,20,23). The lowest BCUT2D eigenvalue weighted by Crippen LogP contribution is -2.37. The Balaban J connectivity index is 2.15. The number of aryl methyl sites for hydroxylation is 1. The molecular weight excluding hydrogens is 334 g/mol. The molecule has 0 aliphatic carbocycles. The Bertz CT molecular complexity index is 923. The van der Waals surface area contributed by atoms with Crippen LogP contribution in [0.3, 0.4) is 0 Å². The SMILES string of the molecule is CCC(NC(=O)C=Cc1cn(C)c(=O)n(C)c1=O)c1ccc(OC)cc1. The summed E-state index contributed by atoms with van der Waals surface area (Å²) in [5.41, 5.74) is 0.372. The normalized spacial score (nSPS) is 12.2. The maximum absolute atomic E-state index is 12.2. The molecule has 0 fully saturated rings. The summed E-state index contributed by atoms with van der Waals surface area (Å²) in [5.74, 6) is 0.434. The summed E-state index contributed by atoms with van der Waals surface area (Å²) in [6.07, 6.45) is 4.84. The van der Waals surface area contributed by atoms with Crippen LogP contribution in [0.25, 0.3) is 6.08 Å². The maximum Gasteiger partial charge on any atom is 0.330 e. The summed E-state index contributed by atoms with van der Waals surface area (Å²) in [4.78, 5) is 36.0. The smallest absolute Gasteiger partial charge is 0.330 e. The molecule has 0 aliphatic heterocycles. The van der Waals surface area contributed by atoms with Gasteiger partial charge in [-0.3, -0.25) is 14.2 Å². The van der Waals surface area contributed by atoms with E-state index in [2.05, 4.69) is 5.32 Å². The van der Waals surface area contributed by atoms with Crippen molar-refractivity contribution in [1.29, 1.82) is 0 Å². The Kier molecular flexibility index (Phi) is 6.16. The van der Waals surface area contributed by atoms with Crippen molar-refractivity contribution >= 4 is 12.0 Å². The van der Waals surface area contributed by atoms with Crippen LogP contribution in [0, 0.1) is 0 Å². The van der Waals surface area contributed by atoms with Gasteiger partial charge in [-0.05, 0) is 30.2 Å². The van der Waals surface area contributed by atoms with Gasteiger partial charge in [0.25, 0.3) is 5.56 Å². The second-order valence-electron chi connectivity index (χ2n) is 5.92. The molecule has 0 saturated heterocycles. The van der Waals surface area contributed by atoms with Crippen molar-refractivity contribution in [3.05, 3.63) is 68.5 Å². The number of amides is 1. The summed E-state index contributed by atoms with van der Waals surface area (Å²) >= 11 is 0. The van der Waals surface area contributed by atoms with Crippen LogP contribution < -0.4 is 21.3 Å². The summed E-state index contributed by atoms with van der Waals surface area (Å²) in [6, 6.07) is 7.34. The summed E-state index contributed by atoms with van der Waals surface area (Å²) < 4.78 is 7.44. The Labute approximate surface area is 151 Å². The molecule has 1 atom stereocenters. The molecule has 1 N–H and O–H groups in total. The molecule has 1 heterocycles. The number of ether oxygens (including phenoxy) is 1. The highest BCUT2D eigenvalue weighted by Crippen LogP contribution is 2.20. The highest BCUT2D eigenvalue weighted by atomic mass is 16.5. The minimum absolute atomic E-state index is 0.152. The molecule has 7 nitrogen and oxygen atoms in total. The van der Waals surface area contributed by atoms with E-state index in [0.29, 0.717) is 6.42 Å². The molecule has 0 saturated carbocycles. The van der Waals surface area contributed by atoms with Gasteiger partial charge in [0.1, 0.15) is 5.75 Å². The minimum Gasteiger partial charge on any atom is -0.497 e. The van der Waals surface area contributed by atoms with Crippen molar-refractivity contribution in [2.45, 2.75) is 19.4 Å². The number of hydrogen-bond donors (Lipinski definition) is 1. The van der Waals surface area contributed by atoms with Crippen molar-refractivity contribution in [3.63, 3.8) is 0 Å². The number of aromatic nitrogens is 2. The van der Waals surface area contributed by atoms with Gasteiger partial charge in [-0.2, -0.15) is 0 Å². The second-order valence-corrected chi connectivity index (χ2v) is 5.92. The number of methoxy groups -OCH3 is 1. The fraction of sp³-hybridized carbons (Fsp3) is 0.316. The van der Waals surface area contributed by atoms with Crippen LogP contribution in [0.15, 0.2) is 46.1 Å². The largest absolute Gasteiger partial charge is 0.497 e. The van der Waals surface area contributed by atoms with Gasteiger partial charge < -0.3 is 14.6 Å². The van der Waals surface area contributed by atoms with Gasteiger partial charge in [-0.1, -0.05) is 19.1 Å². The predicted octanol–water partition coefficient (Wildman–Crippen LogP) is 1.37. The Morgan fingerprint density at radius 1 is 1.23 bits per heavy atom. The lowest BCUT2D eigenvalue weighted by atomic mass is 10.0. The van der Waals surface area contributed by atoms with Crippen molar-refractivity contribution in [2.24, 2.45) is 14.1 Å². The average molecular weight is 357 g/mol. The third-order valence-corrected chi connectivity index (χ3v) is 4.13. The van der Waals surface area contributed by atoms with Crippen LogP contribution in [0.5, 0.6) is 5.75 Å². The van der Waals surface area contributed by atoms with E-state index in [1.165, 1.54) is 30.0 Å². The molecule has 1 aromatic carbocycles. The third-order valence-electron chi connectivity index (χ3n) is 4.13. The predicted molar refractivity (Wildman–Crippen MR) is 100 cm³/mol. The van der Waals surface area contributed by atoms with Gasteiger partial charge in [-0.25, -0.2) is 4.79 Å². The van der Waals surface area contributed by atoms with Gasteiger partial charge in [-0.15, -0.1) is 0 Å². The van der Waals surface area contributed by atoms with E-state index < -0.39 is 11.2 Å². The number of nitrogens with one attached hydrogen (secondary N) is 1. The minimum atomic E-state index is -0.445. The molecule has 2 aromatic rings. The molecular formula is C19H23N3O4. The number of carbonyl (C=O) groups is 1. The molecule has 1 aromatic heterocycles. The van der Waals surface area contributed by atoms with E-state index in [1.807, 2.05) is 31.2 Å². The first-order valence-corrected chi connectivity index (χ1v) is 8.26. The monoisotopic (exact) mass is 357 g/mol. The highest BCUT2D eigenvalue weighted by molar-refractivity contribution is 5.91. The first kappa shape index (κ1) is 19.2. The van der Waals surface area contributed by atoms with Gasteiger partial charge in [0.15, 0.2) is 0 Å². The van der Waals surface area contributed by atoms with Crippen molar-refractivity contribution in [3.8, 4) is 5.75 Å². The summed E-state index contributed by atoms with van der Waals surface area (Å²) in [7, 11) is 4.55. The van der Waals surface area contributed by atoms with Crippen molar-refractivity contribution in [1.82, 2.24) is 14.5 Å². The van der Waals surface area contributed by atoms with Gasteiger partial charge in [0, 0.05) is 26.4 Å². The molecule has 2 rings (SSSR count). The van der Waals surface area contributed by atoms with E-state index in [-0.39, 0.29) is 17.5 Å². The molecule has 138 valence electrons. The van der Waals surface area contributed by atoms with E-state index in [1.54, 1.807) is 14.2 Å². The van der Waals surface area contributed by atoms with Crippen LogP contribution in [0.2, 0.25) is 0 Å². The van der Waals surface area contributed by atoms with Gasteiger partial charge in [0.2, 0.25) is 5.91 Å². The molecule has 0 spiro atoms. The Morgan fingerprint density at radius 2 is 1.88 bits per heavy atom. The molecule has 26 heavy (non-hydrogen) atoms. The zero-order chi connectivity index (χ0) is 19.3. The van der Waals surface area contributed by atoms with Gasteiger partial charge >= 0.3 is 5.69 Å². The van der Waals surface area contributed by atoms with Crippen molar-refractivity contribution in [2.75, 3.05) is 7.11 Å². The van der Waals surface area contributed by atoms with E-state index in [4.69, 9.17) is 4.74 Å². The first-order chi connectivity index (χ1) is 12.4. The van der Waals surface area contributed by atoms with E-state index >= 15 is 0 Å². The Hall–Kier alpha value is -3.09. The van der Waals surface area contributed by atoms with E-state index in [9.17, 15) is 14.4 Å². The third kappa shape index (κ3) is 4.30. The number of benzene rings is 1. The number of nitrogens with zero attached hydrogens (tertiary/aromatic N) is 2.